The van der Waals surface area contributed by atoms with Crippen molar-refractivity contribution in [3.63, 3.8) is 0 Å². The number of carbonyl (C=O) groups excluding carboxylic acids is 1. The van der Waals surface area contributed by atoms with Gasteiger partial charge in [-0.15, -0.1) is 5.10 Å². The molecule has 140 valence electrons. The van der Waals surface area contributed by atoms with Crippen LogP contribution in [0.2, 0.25) is 0 Å². The van der Waals surface area contributed by atoms with Crippen molar-refractivity contribution in [1.82, 2.24) is 29.9 Å². The molecule has 1 aliphatic heterocycles. The van der Waals surface area contributed by atoms with Crippen LogP contribution in [0.3, 0.4) is 0 Å². The topological polar surface area (TPSA) is 80.0 Å². The minimum absolute atomic E-state index is 0.127. The third-order valence-electron chi connectivity index (χ3n) is 4.65. The number of amides is 1. The minimum Gasteiger partial charge on any atom is -0.368 e. The van der Waals surface area contributed by atoms with Gasteiger partial charge >= 0.3 is 0 Å². The summed E-state index contributed by atoms with van der Waals surface area (Å²) in [4.78, 5) is 25.4. The number of fused-ring (bicyclic) bond motifs is 1. The Morgan fingerprint density at radius 3 is 2.63 bits per heavy atom. The van der Waals surface area contributed by atoms with Crippen LogP contribution >= 0.6 is 11.8 Å². The number of carbonyl (C=O) groups is 1. The molecule has 3 heterocycles. The lowest BCUT2D eigenvalue weighted by Gasteiger charge is -2.36. The molecule has 3 aromatic rings. The van der Waals surface area contributed by atoms with E-state index in [9.17, 15) is 4.79 Å². The number of para-hydroxylation sites is 1. The summed E-state index contributed by atoms with van der Waals surface area (Å²) in [5, 5.41) is 8.94. The second-order valence-corrected chi connectivity index (χ2v) is 7.21. The highest BCUT2D eigenvalue weighted by molar-refractivity contribution is 8.00. The number of aryl methyl sites for hydroxylation is 1. The molecule has 0 saturated carbocycles. The molecule has 0 unspecified atom stereocenters. The maximum Gasteiger partial charge on any atom is 0.233 e. The minimum atomic E-state index is 0.127. The van der Waals surface area contributed by atoms with E-state index in [0.29, 0.717) is 28.5 Å². The zero-order valence-corrected chi connectivity index (χ0v) is 16.0. The Bertz CT molecular complexity index is 922. The van der Waals surface area contributed by atoms with Crippen LogP contribution in [0.4, 0.5) is 5.69 Å². The van der Waals surface area contributed by atoms with E-state index in [1.165, 1.54) is 23.8 Å². The first-order valence-electron chi connectivity index (χ1n) is 9.01. The lowest BCUT2D eigenvalue weighted by molar-refractivity contribution is -0.128. The number of thioether (sulfide) groups is 1. The number of aromatic nitrogens is 5. The summed E-state index contributed by atoms with van der Waals surface area (Å²) in [5.74, 6) is 0.471. The van der Waals surface area contributed by atoms with Crippen molar-refractivity contribution in [2.45, 2.75) is 18.5 Å². The molecule has 4 rings (SSSR count). The van der Waals surface area contributed by atoms with Crippen molar-refractivity contribution in [2.24, 2.45) is 0 Å². The molecule has 0 N–H and O–H groups in total. The van der Waals surface area contributed by atoms with Crippen molar-refractivity contribution in [1.29, 1.82) is 0 Å². The van der Waals surface area contributed by atoms with Crippen molar-refractivity contribution in [3.05, 3.63) is 36.7 Å². The molecule has 1 amide bonds. The molecule has 0 radical (unpaired) electrons. The predicted octanol–water partition coefficient (Wildman–Crippen LogP) is 1.68. The number of anilines is 1. The Labute approximate surface area is 161 Å². The number of rotatable bonds is 5. The van der Waals surface area contributed by atoms with E-state index in [1.807, 2.05) is 30.0 Å². The van der Waals surface area contributed by atoms with Gasteiger partial charge in [0.1, 0.15) is 11.4 Å². The fourth-order valence-corrected chi connectivity index (χ4v) is 4.00. The lowest BCUT2D eigenvalue weighted by atomic mass is 10.2. The molecule has 27 heavy (non-hydrogen) atoms. The van der Waals surface area contributed by atoms with E-state index in [1.54, 1.807) is 4.68 Å². The Morgan fingerprint density at radius 2 is 1.89 bits per heavy atom. The summed E-state index contributed by atoms with van der Waals surface area (Å²) in [6.07, 6.45) is 1.50. The summed E-state index contributed by atoms with van der Waals surface area (Å²) in [5.41, 5.74) is 2.58. The smallest absolute Gasteiger partial charge is 0.233 e. The lowest BCUT2D eigenvalue weighted by Crippen LogP contribution is -2.49. The molecule has 0 bridgehead atoms. The van der Waals surface area contributed by atoms with Gasteiger partial charge in [-0.05, 0) is 19.1 Å². The van der Waals surface area contributed by atoms with Gasteiger partial charge < -0.3 is 9.80 Å². The number of nitrogens with zero attached hydrogens (tertiary/aromatic N) is 7. The molecular formula is C18H21N7OS. The van der Waals surface area contributed by atoms with Crippen LogP contribution in [0.25, 0.3) is 11.2 Å². The summed E-state index contributed by atoms with van der Waals surface area (Å²) in [6.45, 7) is 5.86. The van der Waals surface area contributed by atoms with Gasteiger partial charge in [0.05, 0.1) is 5.75 Å². The average Bonchev–Trinajstić information content (AvgIpc) is 3.16. The molecular weight excluding hydrogens is 362 g/mol. The van der Waals surface area contributed by atoms with Gasteiger partial charge in [0.2, 0.25) is 5.91 Å². The molecule has 1 fully saturated rings. The SMILES string of the molecule is CCn1nnc2c(SCC(=O)N3CCN(c4ccccc4)CC3)ncnc21. The van der Waals surface area contributed by atoms with E-state index in [-0.39, 0.29) is 5.91 Å². The van der Waals surface area contributed by atoms with Crippen LogP contribution in [0, 0.1) is 0 Å². The quantitative estimate of drug-likeness (QED) is 0.490. The Kier molecular flexibility index (Phi) is 5.19. The van der Waals surface area contributed by atoms with Gasteiger partial charge in [0.15, 0.2) is 11.2 Å². The summed E-state index contributed by atoms with van der Waals surface area (Å²) in [6, 6.07) is 10.3. The number of piperazine rings is 1. The second-order valence-electron chi connectivity index (χ2n) is 6.25. The van der Waals surface area contributed by atoms with E-state index < -0.39 is 0 Å². The molecule has 8 nitrogen and oxygen atoms in total. The first-order chi connectivity index (χ1) is 13.3. The average molecular weight is 383 g/mol. The van der Waals surface area contributed by atoms with E-state index in [0.717, 1.165) is 26.2 Å². The molecule has 1 aromatic carbocycles. The first-order valence-corrected chi connectivity index (χ1v) is 9.99. The maximum absolute atomic E-state index is 12.6. The molecule has 0 spiro atoms. The van der Waals surface area contributed by atoms with Gasteiger partial charge in [-0.3, -0.25) is 4.79 Å². The van der Waals surface area contributed by atoms with Crippen LogP contribution in [-0.2, 0) is 11.3 Å². The normalized spacial score (nSPS) is 14.7. The summed E-state index contributed by atoms with van der Waals surface area (Å²) in [7, 11) is 0. The predicted molar refractivity (Wildman–Crippen MR) is 105 cm³/mol. The van der Waals surface area contributed by atoms with Gasteiger partial charge in [0, 0.05) is 38.4 Å². The summed E-state index contributed by atoms with van der Waals surface area (Å²) >= 11 is 1.40. The van der Waals surface area contributed by atoms with Crippen LogP contribution < -0.4 is 4.90 Å². The van der Waals surface area contributed by atoms with Gasteiger partial charge in [-0.25, -0.2) is 14.6 Å². The Morgan fingerprint density at radius 1 is 1.11 bits per heavy atom. The van der Waals surface area contributed by atoms with Crippen LogP contribution in [0.1, 0.15) is 6.92 Å². The van der Waals surface area contributed by atoms with Crippen molar-refractivity contribution in [3.8, 4) is 0 Å². The zero-order chi connectivity index (χ0) is 18.6. The van der Waals surface area contributed by atoms with Gasteiger partial charge in [0.25, 0.3) is 0 Å². The number of hydrogen-bond donors (Lipinski definition) is 0. The van der Waals surface area contributed by atoms with E-state index in [2.05, 4.69) is 37.3 Å². The maximum atomic E-state index is 12.6. The largest absolute Gasteiger partial charge is 0.368 e. The van der Waals surface area contributed by atoms with E-state index in [4.69, 9.17) is 0 Å². The standard InChI is InChI=1S/C18H21N7OS/c1-2-25-17-16(21-22-25)18(20-13-19-17)27-12-15(26)24-10-8-23(9-11-24)14-6-4-3-5-7-14/h3-7,13H,2,8-12H2,1H3. The monoisotopic (exact) mass is 383 g/mol. The highest BCUT2D eigenvalue weighted by Gasteiger charge is 2.22. The van der Waals surface area contributed by atoms with Crippen molar-refractivity contribution < 1.29 is 4.79 Å². The molecule has 0 aliphatic carbocycles. The molecule has 1 aliphatic rings. The third-order valence-corrected chi connectivity index (χ3v) is 5.62. The second kappa shape index (κ2) is 7.91. The molecule has 2 aromatic heterocycles. The third kappa shape index (κ3) is 3.73. The molecule has 1 saturated heterocycles. The van der Waals surface area contributed by atoms with Crippen molar-refractivity contribution >= 4 is 34.5 Å². The van der Waals surface area contributed by atoms with E-state index >= 15 is 0 Å². The highest BCUT2D eigenvalue weighted by Crippen LogP contribution is 2.23. The zero-order valence-electron chi connectivity index (χ0n) is 15.2. The fourth-order valence-electron chi connectivity index (χ4n) is 3.16. The number of benzene rings is 1. The highest BCUT2D eigenvalue weighted by atomic mass is 32.2. The summed E-state index contributed by atoms with van der Waals surface area (Å²) < 4.78 is 1.73. The van der Waals surface area contributed by atoms with Crippen molar-refractivity contribution in [2.75, 3.05) is 36.8 Å². The van der Waals surface area contributed by atoms with Crippen LogP contribution in [0.15, 0.2) is 41.7 Å². The molecule has 9 heteroatoms. The first kappa shape index (κ1) is 17.7. The number of hydrogen-bond acceptors (Lipinski definition) is 7. The van der Waals surface area contributed by atoms with Gasteiger partial charge in [-0.2, -0.15) is 0 Å². The van der Waals surface area contributed by atoms with Crippen LogP contribution in [0.5, 0.6) is 0 Å². The van der Waals surface area contributed by atoms with Gasteiger partial charge in [-0.1, -0.05) is 35.2 Å². The Balaban J connectivity index is 1.35. The Hall–Kier alpha value is -2.68. The fraction of sp³-hybridized carbons (Fsp3) is 0.389. The van der Waals surface area contributed by atoms with Crippen LogP contribution in [-0.4, -0.2) is 67.7 Å². The molecule has 0 atom stereocenters.